The van der Waals surface area contributed by atoms with E-state index < -0.39 is 0 Å². The molecule has 98 valence electrons. The van der Waals surface area contributed by atoms with Crippen LogP contribution >= 0.6 is 0 Å². The molecule has 1 aliphatic heterocycles. The molecule has 2 rings (SSSR count). The number of nitrogens with two attached hydrogens (primary N) is 1. The highest BCUT2D eigenvalue weighted by molar-refractivity contribution is 6.00. The van der Waals surface area contributed by atoms with Gasteiger partial charge in [-0.3, -0.25) is 4.79 Å². The Labute approximate surface area is 109 Å². The topological polar surface area (TPSA) is 46.3 Å². The van der Waals surface area contributed by atoms with Crippen molar-refractivity contribution < 1.29 is 4.79 Å². The number of anilines is 2. The maximum atomic E-state index is 11.5. The van der Waals surface area contributed by atoms with Gasteiger partial charge in [0.15, 0.2) is 5.78 Å². The number of hydrogen-bond donors (Lipinski definition) is 1. The standard InChI is InChI=1S/C15H22N2O/c1-10-6-11(2)9-17(8-10)13-4-5-15(16)14(7-13)12(3)18/h4-5,7,10-11H,6,8-9,16H2,1-3H3. The minimum atomic E-state index is 0.0347. The lowest BCUT2D eigenvalue weighted by molar-refractivity contribution is 0.101. The van der Waals surface area contributed by atoms with Crippen molar-refractivity contribution in [1.82, 2.24) is 0 Å². The molecule has 0 aromatic heterocycles. The third kappa shape index (κ3) is 2.66. The SMILES string of the molecule is CC(=O)c1cc(N2CC(C)CC(C)C2)ccc1N. The Bertz CT molecular complexity index is 446. The fourth-order valence-electron chi connectivity index (χ4n) is 2.92. The van der Waals surface area contributed by atoms with Crippen molar-refractivity contribution >= 4 is 17.2 Å². The van der Waals surface area contributed by atoms with Crippen molar-refractivity contribution in [3.05, 3.63) is 23.8 Å². The molecule has 0 bridgehead atoms. The number of rotatable bonds is 2. The van der Waals surface area contributed by atoms with Crippen LogP contribution in [0.25, 0.3) is 0 Å². The summed E-state index contributed by atoms with van der Waals surface area (Å²) in [7, 11) is 0. The van der Waals surface area contributed by atoms with E-state index in [-0.39, 0.29) is 5.78 Å². The lowest BCUT2D eigenvalue weighted by atomic mass is 9.91. The Balaban J connectivity index is 2.28. The van der Waals surface area contributed by atoms with Crippen molar-refractivity contribution in [2.75, 3.05) is 23.7 Å². The number of nitrogen functional groups attached to an aromatic ring is 1. The highest BCUT2D eigenvalue weighted by atomic mass is 16.1. The zero-order chi connectivity index (χ0) is 13.3. The second-order valence-corrected chi connectivity index (χ2v) is 5.68. The highest BCUT2D eigenvalue weighted by Crippen LogP contribution is 2.28. The number of benzene rings is 1. The smallest absolute Gasteiger partial charge is 0.161 e. The van der Waals surface area contributed by atoms with Crippen molar-refractivity contribution in [3.8, 4) is 0 Å². The third-order valence-corrected chi connectivity index (χ3v) is 3.65. The predicted molar refractivity (Wildman–Crippen MR) is 76.0 cm³/mol. The quantitative estimate of drug-likeness (QED) is 0.644. The summed E-state index contributed by atoms with van der Waals surface area (Å²) < 4.78 is 0. The number of carbonyl (C=O) groups is 1. The van der Waals surface area contributed by atoms with Crippen LogP contribution in [0.1, 0.15) is 37.6 Å². The minimum Gasteiger partial charge on any atom is -0.398 e. The maximum Gasteiger partial charge on any atom is 0.161 e. The fourth-order valence-corrected chi connectivity index (χ4v) is 2.92. The van der Waals surface area contributed by atoms with Gasteiger partial charge >= 0.3 is 0 Å². The molecule has 18 heavy (non-hydrogen) atoms. The summed E-state index contributed by atoms with van der Waals surface area (Å²) in [4.78, 5) is 13.9. The summed E-state index contributed by atoms with van der Waals surface area (Å²) in [6, 6.07) is 5.80. The average Bonchev–Trinajstić information content (AvgIpc) is 2.27. The molecule has 1 aromatic carbocycles. The molecule has 0 aliphatic carbocycles. The molecule has 3 heteroatoms. The largest absolute Gasteiger partial charge is 0.398 e. The van der Waals surface area contributed by atoms with E-state index in [4.69, 9.17) is 5.73 Å². The third-order valence-electron chi connectivity index (χ3n) is 3.65. The van der Waals surface area contributed by atoms with Gasteiger partial charge in [-0.25, -0.2) is 0 Å². The number of piperidine rings is 1. The summed E-state index contributed by atoms with van der Waals surface area (Å²) in [6.45, 7) is 8.26. The Kier molecular flexibility index (Phi) is 3.60. The maximum absolute atomic E-state index is 11.5. The number of hydrogen-bond acceptors (Lipinski definition) is 3. The Morgan fingerprint density at radius 1 is 1.28 bits per heavy atom. The summed E-state index contributed by atoms with van der Waals surface area (Å²) in [5.74, 6) is 1.44. The normalized spacial score (nSPS) is 24.1. The van der Waals surface area contributed by atoms with Gasteiger partial charge in [-0.05, 0) is 43.4 Å². The summed E-state index contributed by atoms with van der Waals surface area (Å²) in [6.07, 6.45) is 1.28. The van der Waals surface area contributed by atoms with Crippen LogP contribution in [0, 0.1) is 11.8 Å². The van der Waals surface area contributed by atoms with Gasteiger partial charge in [0, 0.05) is 30.0 Å². The molecule has 2 atom stereocenters. The molecule has 0 spiro atoms. The Morgan fingerprint density at radius 2 is 1.89 bits per heavy atom. The summed E-state index contributed by atoms with van der Waals surface area (Å²) in [5, 5.41) is 0. The van der Waals surface area contributed by atoms with Crippen LogP contribution < -0.4 is 10.6 Å². The fraction of sp³-hybridized carbons (Fsp3) is 0.533. The molecule has 0 amide bonds. The minimum absolute atomic E-state index is 0.0347. The first-order valence-corrected chi connectivity index (χ1v) is 6.62. The van der Waals surface area contributed by atoms with Gasteiger partial charge in [-0.1, -0.05) is 13.8 Å². The summed E-state index contributed by atoms with van der Waals surface area (Å²) >= 11 is 0. The van der Waals surface area contributed by atoms with Crippen LogP contribution in [0.15, 0.2) is 18.2 Å². The van der Waals surface area contributed by atoms with Gasteiger partial charge in [0.25, 0.3) is 0 Å². The van der Waals surface area contributed by atoms with Crippen molar-refractivity contribution in [1.29, 1.82) is 0 Å². The van der Waals surface area contributed by atoms with E-state index in [0.717, 1.165) is 18.8 Å². The zero-order valence-electron chi connectivity index (χ0n) is 11.4. The molecular formula is C15H22N2O. The Morgan fingerprint density at radius 3 is 2.44 bits per heavy atom. The van der Waals surface area contributed by atoms with Crippen LogP contribution in [0.4, 0.5) is 11.4 Å². The van der Waals surface area contributed by atoms with Crippen LogP contribution in [-0.4, -0.2) is 18.9 Å². The van der Waals surface area contributed by atoms with Crippen LogP contribution in [0.3, 0.4) is 0 Å². The lowest BCUT2D eigenvalue weighted by Gasteiger charge is -2.36. The van der Waals surface area contributed by atoms with E-state index in [1.807, 2.05) is 18.2 Å². The molecule has 0 saturated carbocycles. The van der Waals surface area contributed by atoms with E-state index in [9.17, 15) is 4.79 Å². The van der Waals surface area contributed by atoms with Crippen LogP contribution in [0.5, 0.6) is 0 Å². The van der Waals surface area contributed by atoms with Gasteiger partial charge in [-0.15, -0.1) is 0 Å². The van der Waals surface area contributed by atoms with Gasteiger partial charge in [0.2, 0.25) is 0 Å². The van der Waals surface area contributed by atoms with E-state index in [1.54, 1.807) is 6.92 Å². The summed E-state index contributed by atoms with van der Waals surface area (Å²) in [5.41, 5.74) is 8.16. The number of ketones is 1. The first-order chi connectivity index (χ1) is 8.47. The van der Waals surface area contributed by atoms with Crippen molar-refractivity contribution in [2.45, 2.75) is 27.2 Å². The molecule has 3 nitrogen and oxygen atoms in total. The molecule has 1 aliphatic rings. The first kappa shape index (κ1) is 12.9. The monoisotopic (exact) mass is 246 g/mol. The second-order valence-electron chi connectivity index (χ2n) is 5.68. The molecule has 1 aromatic rings. The molecule has 1 fully saturated rings. The van der Waals surface area contributed by atoms with E-state index in [0.29, 0.717) is 23.1 Å². The van der Waals surface area contributed by atoms with Gasteiger partial charge in [-0.2, -0.15) is 0 Å². The first-order valence-electron chi connectivity index (χ1n) is 6.62. The molecule has 1 saturated heterocycles. The van der Waals surface area contributed by atoms with Gasteiger partial charge < -0.3 is 10.6 Å². The number of carbonyl (C=O) groups excluding carboxylic acids is 1. The zero-order valence-corrected chi connectivity index (χ0v) is 11.4. The molecule has 1 heterocycles. The average molecular weight is 246 g/mol. The molecule has 0 radical (unpaired) electrons. The van der Waals surface area contributed by atoms with Crippen LogP contribution in [-0.2, 0) is 0 Å². The van der Waals surface area contributed by atoms with Gasteiger partial charge in [0.05, 0.1) is 0 Å². The van der Waals surface area contributed by atoms with E-state index in [1.165, 1.54) is 6.42 Å². The number of Topliss-reactive ketones (excluding diaryl/α,β-unsaturated/α-hetero) is 1. The highest BCUT2D eigenvalue weighted by Gasteiger charge is 2.22. The van der Waals surface area contributed by atoms with Crippen molar-refractivity contribution in [3.63, 3.8) is 0 Å². The van der Waals surface area contributed by atoms with Crippen molar-refractivity contribution in [2.24, 2.45) is 11.8 Å². The second kappa shape index (κ2) is 5.01. The molecular weight excluding hydrogens is 224 g/mol. The lowest BCUT2D eigenvalue weighted by Crippen LogP contribution is -2.38. The van der Waals surface area contributed by atoms with Gasteiger partial charge in [0.1, 0.15) is 0 Å². The Hall–Kier alpha value is -1.51. The molecule has 2 N–H and O–H groups in total. The molecule has 2 unspecified atom stereocenters. The predicted octanol–water partition coefficient (Wildman–Crippen LogP) is 2.95. The van der Waals surface area contributed by atoms with E-state index in [2.05, 4.69) is 18.7 Å². The number of nitrogens with zero attached hydrogens (tertiary/aromatic N) is 1. The van der Waals surface area contributed by atoms with E-state index >= 15 is 0 Å². The van der Waals surface area contributed by atoms with Crippen LogP contribution in [0.2, 0.25) is 0 Å².